The third-order valence-corrected chi connectivity index (χ3v) is 2.87. The van der Waals surface area contributed by atoms with Gasteiger partial charge in [-0.25, -0.2) is 9.98 Å². The molecule has 2 rings (SSSR count). The van der Waals surface area contributed by atoms with E-state index >= 15 is 0 Å². The van der Waals surface area contributed by atoms with Crippen LogP contribution in [0.3, 0.4) is 0 Å². The zero-order valence-corrected chi connectivity index (χ0v) is 13.6. The SMILES string of the molecule is CCNC(=NCc1cccc(-c2ncn[nH]2)c1)NC(C)(C)C. The normalized spacial score (nSPS) is 12.3. The lowest BCUT2D eigenvalue weighted by Gasteiger charge is -2.23. The summed E-state index contributed by atoms with van der Waals surface area (Å²) in [4.78, 5) is 8.81. The Bertz CT molecular complexity index is 610. The predicted octanol–water partition coefficient (Wildman–Crippen LogP) is 2.33. The molecule has 0 aliphatic carbocycles. The molecule has 0 radical (unpaired) electrons. The van der Waals surface area contributed by atoms with Crippen molar-refractivity contribution in [3.8, 4) is 11.4 Å². The molecule has 118 valence electrons. The van der Waals surface area contributed by atoms with Crippen molar-refractivity contribution < 1.29 is 0 Å². The van der Waals surface area contributed by atoms with Gasteiger partial charge in [-0.15, -0.1) is 0 Å². The Balaban J connectivity index is 2.11. The molecule has 1 aromatic carbocycles. The van der Waals surface area contributed by atoms with Crippen LogP contribution >= 0.6 is 0 Å². The van der Waals surface area contributed by atoms with Crippen LogP contribution in [-0.4, -0.2) is 33.2 Å². The minimum Gasteiger partial charge on any atom is -0.357 e. The van der Waals surface area contributed by atoms with Gasteiger partial charge in [0.2, 0.25) is 0 Å². The highest BCUT2D eigenvalue weighted by molar-refractivity contribution is 5.80. The van der Waals surface area contributed by atoms with Gasteiger partial charge in [0.25, 0.3) is 0 Å². The van der Waals surface area contributed by atoms with Crippen LogP contribution in [0.1, 0.15) is 33.3 Å². The molecule has 0 fully saturated rings. The van der Waals surface area contributed by atoms with E-state index in [9.17, 15) is 0 Å². The molecule has 0 atom stereocenters. The second-order valence-corrected chi connectivity index (χ2v) is 6.10. The smallest absolute Gasteiger partial charge is 0.191 e. The van der Waals surface area contributed by atoms with Crippen molar-refractivity contribution in [1.29, 1.82) is 0 Å². The quantitative estimate of drug-likeness (QED) is 0.598. The van der Waals surface area contributed by atoms with Crippen molar-refractivity contribution in [2.75, 3.05) is 6.54 Å². The molecule has 1 aromatic heterocycles. The molecule has 6 heteroatoms. The maximum atomic E-state index is 4.64. The van der Waals surface area contributed by atoms with E-state index in [1.807, 2.05) is 12.1 Å². The Kier molecular flexibility index (Phi) is 5.14. The van der Waals surface area contributed by atoms with E-state index in [1.54, 1.807) is 0 Å². The topological polar surface area (TPSA) is 78.0 Å². The minimum absolute atomic E-state index is 0.0251. The summed E-state index contributed by atoms with van der Waals surface area (Å²) < 4.78 is 0. The number of benzene rings is 1. The fraction of sp³-hybridized carbons (Fsp3) is 0.438. The van der Waals surface area contributed by atoms with E-state index < -0.39 is 0 Å². The maximum Gasteiger partial charge on any atom is 0.191 e. The molecule has 22 heavy (non-hydrogen) atoms. The lowest BCUT2D eigenvalue weighted by Crippen LogP contribution is -2.47. The zero-order chi connectivity index (χ0) is 16.0. The molecule has 0 aliphatic heterocycles. The fourth-order valence-corrected chi connectivity index (χ4v) is 1.99. The molecular formula is C16H24N6. The molecule has 0 aliphatic rings. The summed E-state index contributed by atoms with van der Waals surface area (Å²) in [5.41, 5.74) is 2.11. The number of guanidine groups is 1. The average molecular weight is 300 g/mol. The maximum absolute atomic E-state index is 4.64. The van der Waals surface area contributed by atoms with Gasteiger partial charge in [0.05, 0.1) is 6.54 Å². The van der Waals surface area contributed by atoms with Gasteiger partial charge in [-0.1, -0.05) is 18.2 Å². The number of nitrogens with one attached hydrogen (secondary N) is 3. The van der Waals surface area contributed by atoms with Crippen LogP contribution in [-0.2, 0) is 6.54 Å². The first-order chi connectivity index (χ1) is 10.5. The molecule has 0 bridgehead atoms. The average Bonchev–Trinajstić information content (AvgIpc) is 2.98. The molecular weight excluding hydrogens is 276 g/mol. The van der Waals surface area contributed by atoms with Crippen molar-refractivity contribution in [1.82, 2.24) is 25.8 Å². The Morgan fingerprint density at radius 3 is 2.77 bits per heavy atom. The molecule has 0 amide bonds. The van der Waals surface area contributed by atoms with E-state index in [2.05, 4.69) is 70.6 Å². The van der Waals surface area contributed by atoms with Crippen LogP contribution in [0.5, 0.6) is 0 Å². The molecule has 1 heterocycles. The van der Waals surface area contributed by atoms with Gasteiger partial charge >= 0.3 is 0 Å². The van der Waals surface area contributed by atoms with E-state index in [-0.39, 0.29) is 5.54 Å². The van der Waals surface area contributed by atoms with Gasteiger partial charge in [-0.2, -0.15) is 5.10 Å². The van der Waals surface area contributed by atoms with Gasteiger partial charge < -0.3 is 10.6 Å². The summed E-state index contributed by atoms with van der Waals surface area (Å²) in [6.07, 6.45) is 1.51. The summed E-state index contributed by atoms with van der Waals surface area (Å²) in [7, 11) is 0. The van der Waals surface area contributed by atoms with Crippen LogP contribution in [0.25, 0.3) is 11.4 Å². The third-order valence-electron chi connectivity index (χ3n) is 2.87. The highest BCUT2D eigenvalue weighted by Gasteiger charge is 2.11. The van der Waals surface area contributed by atoms with Crippen molar-refractivity contribution in [2.45, 2.75) is 39.8 Å². The largest absolute Gasteiger partial charge is 0.357 e. The number of aliphatic imine (C=N–C) groups is 1. The first-order valence-electron chi connectivity index (χ1n) is 7.49. The van der Waals surface area contributed by atoms with Crippen molar-refractivity contribution in [3.05, 3.63) is 36.2 Å². The van der Waals surface area contributed by atoms with Crippen LogP contribution < -0.4 is 10.6 Å². The Morgan fingerprint density at radius 1 is 1.32 bits per heavy atom. The van der Waals surface area contributed by atoms with Gasteiger partial charge in [-0.05, 0) is 39.3 Å². The highest BCUT2D eigenvalue weighted by atomic mass is 15.2. The van der Waals surface area contributed by atoms with Crippen LogP contribution in [0.15, 0.2) is 35.6 Å². The summed E-state index contributed by atoms with van der Waals surface area (Å²) in [6.45, 7) is 9.84. The summed E-state index contributed by atoms with van der Waals surface area (Å²) >= 11 is 0. The summed E-state index contributed by atoms with van der Waals surface area (Å²) in [5, 5.41) is 13.4. The second kappa shape index (κ2) is 7.06. The molecule has 0 unspecified atom stereocenters. The van der Waals surface area contributed by atoms with Gasteiger partial charge in [0, 0.05) is 17.6 Å². The Hall–Kier alpha value is -2.37. The lowest BCUT2D eigenvalue weighted by molar-refractivity contribution is 0.501. The first-order valence-corrected chi connectivity index (χ1v) is 7.49. The lowest BCUT2D eigenvalue weighted by atomic mass is 10.1. The zero-order valence-electron chi connectivity index (χ0n) is 13.6. The second-order valence-electron chi connectivity index (χ2n) is 6.10. The van der Waals surface area contributed by atoms with E-state index in [4.69, 9.17) is 0 Å². The molecule has 0 spiro atoms. The third kappa shape index (κ3) is 4.87. The Labute approximate surface area is 131 Å². The minimum atomic E-state index is -0.0251. The van der Waals surface area contributed by atoms with Crippen LogP contribution in [0.4, 0.5) is 0 Å². The van der Waals surface area contributed by atoms with Crippen LogP contribution in [0.2, 0.25) is 0 Å². The van der Waals surface area contributed by atoms with E-state index in [1.165, 1.54) is 6.33 Å². The van der Waals surface area contributed by atoms with Crippen LogP contribution in [0, 0.1) is 0 Å². The fourth-order valence-electron chi connectivity index (χ4n) is 1.99. The number of aromatic nitrogens is 3. The van der Waals surface area contributed by atoms with Crippen molar-refractivity contribution in [3.63, 3.8) is 0 Å². The predicted molar refractivity (Wildman–Crippen MR) is 89.5 cm³/mol. The monoisotopic (exact) mass is 300 g/mol. The van der Waals surface area contributed by atoms with Gasteiger partial charge in [0.15, 0.2) is 11.8 Å². The molecule has 0 saturated heterocycles. The molecule has 3 N–H and O–H groups in total. The number of hydrogen-bond donors (Lipinski definition) is 3. The summed E-state index contributed by atoms with van der Waals surface area (Å²) in [6, 6.07) is 8.15. The van der Waals surface area contributed by atoms with Gasteiger partial charge in [-0.3, -0.25) is 5.10 Å². The number of aromatic amines is 1. The Morgan fingerprint density at radius 2 is 2.14 bits per heavy atom. The number of H-pyrrole nitrogens is 1. The van der Waals surface area contributed by atoms with Gasteiger partial charge in [0.1, 0.15) is 6.33 Å². The summed E-state index contributed by atoms with van der Waals surface area (Å²) in [5.74, 6) is 1.59. The number of nitrogens with zero attached hydrogens (tertiary/aromatic N) is 3. The molecule has 6 nitrogen and oxygen atoms in total. The van der Waals surface area contributed by atoms with E-state index in [0.717, 1.165) is 29.5 Å². The van der Waals surface area contributed by atoms with E-state index in [0.29, 0.717) is 6.54 Å². The molecule has 2 aromatic rings. The van der Waals surface area contributed by atoms with Crippen molar-refractivity contribution >= 4 is 5.96 Å². The standard InChI is InChI=1S/C16H24N6/c1-5-17-15(21-16(2,3)4)18-10-12-7-6-8-13(9-12)14-19-11-20-22-14/h6-9,11H,5,10H2,1-4H3,(H2,17,18,21)(H,19,20,22). The number of hydrogen-bond acceptors (Lipinski definition) is 3. The first kappa shape index (κ1) is 16.0. The number of rotatable bonds is 4. The van der Waals surface area contributed by atoms with Crippen molar-refractivity contribution in [2.24, 2.45) is 4.99 Å². The molecule has 0 saturated carbocycles. The highest BCUT2D eigenvalue weighted by Crippen LogP contribution is 2.15.